The SMILES string of the molecule is CCOc1ccc(Br)c(C(O)c2ccc(OC)cc2)c1F. The van der Waals surface area contributed by atoms with Crippen LogP contribution in [0.4, 0.5) is 4.39 Å². The summed E-state index contributed by atoms with van der Waals surface area (Å²) in [6.45, 7) is 2.14. The lowest BCUT2D eigenvalue weighted by atomic mass is 10.0. The van der Waals surface area contributed by atoms with Crippen molar-refractivity contribution in [3.63, 3.8) is 0 Å². The number of benzene rings is 2. The molecule has 1 atom stereocenters. The van der Waals surface area contributed by atoms with Crippen molar-refractivity contribution < 1.29 is 19.0 Å². The Labute approximate surface area is 131 Å². The molecule has 21 heavy (non-hydrogen) atoms. The van der Waals surface area contributed by atoms with Gasteiger partial charge in [-0.3, -0.25) is 0 Å². The van der Waals surface area contributed by atoms with Gasteiger partial charge in [-0.25, -0.2) is 4.39 Å². The zero-order valence-electron chi connectivity index (χ0n) is 11.8. The Bertz CT molecular complexity index is 614. The molecule has 0 saturated heterocycles. The van der Waals surface area contributed by atoms with Crippen molar-refractivity contribution in [3.8, 4) is 11.5 Å². The molecule has 0 aliphatic carbocycles. The van der Waals surface area contributed by atoms with E-state index >= 15 is 0 Å². The zero-order valence-corrected chi connectivity index (χ0v) is 13.4. The van der Waals surface area contributed by atoms with Gasteiger partial charge in [0.1, 0.15) is 11.9 Å². The van der Waals surface area contributed by atoms with Crippen LogP contribution >= 0.6 is 15.9 Å². The molecule has 1 unspecified atom stereocenters. The van der Waals surface area contributed by atoms with E-state index in [4.69, 9.17) is 9.47 Å². The molecule has 112 valence electrons. The van der Waals surface area contributed by atoms with E-state index < -0.39 is 11.9 Å². The third-order valence-corrected chi connectivity index (χ3v) is 3.79. The summed E-state index contributed by atoms with van der Waals surface area (Å²) in [5.41, 5.74) is 0.732. The maximum absolute atomic E-state index is 14.5. The largest absolute Gasteiger partial charge is 0.497 e. The predicted molar refractivity (Wildman–Crippen MR) is 82.3 cm³/mol. The minimum Gasteiger partial charge on any atom is -0.497 e. The monoisotopic (exact) mass is 354 g/mol. The van der Waals surface area contributed by atoms with Crippen molar-refractivity contribution >= 4 is 15.9 Å². The molecule has 0 aromatic heterocycles. The fraction of sp³-hybridized carbons (Fsp3) is 0.250. The zero-order chi connectivity index (χ0) is 15.4. The molecule has 0 spiro atoms. The van der Waals surface area contributed by atoms with Gasteiger partial charge in [0, 0.05) is 10.0 Å². The molecule has 0 bridgehead atoms. The van der Waals surface area contributed by atoms with E-state index in [1.165, 1.54) is 6.07 Å². The molecule has 5 heteroatoms. The molecule has 2 aromatic carbocycles. The molecule has 0 radical (unpaired) electrons. The van der Waals surface area contributed by atoms with Gasteiger partial charge in [0.2, 0.25) is 0 Å². The molecule has 0 heterocycles. The first-order chi connectivity index (χ1) is 10.1. The Kier molecular flexibility index (Phi) is 5.20. The molecule has 2 rings (SSSR count). The topological polar surface area (TPSA) is 38.7 Å². The van der Waals surface area contributed by atoms with Gasteiger partial charge in [0.15, 0.2) is 11.6 Å². The van der Waals surface area contributed by atoms with Gasteiger partial charge in [0.05, 0.1) is 13.7 Å². The fourth-order valence-corrected chi connectivity index (χ4v) is 2.54. The Morgan fingerprint density at radius 3 is 2.43 bits per heavy atom. The lowest BCUT2D eigenvalue weighted by Gasteiger charge is -2.17. The Morgan fingerprint density at radius 1 is 1.19 bits per heavy atom. The highest BCUT2D eigenvalue weighted by Gasteiger charge is 2.21. The van der Waals surface area contributed by atoms with Crippen LogP contribution in [0.3, 0.4) is 0 Å². The van der Waals surface area contributed by atoms with Crippen LogP contribution in [-0.4, -0.2) is 18.8 Å². The smallest absolute Gasteiger partial charge is 0.172 e. The summed E-state index contributed by atoms with van der Waals surface area (Å²) in [5, 5.41) is 10.4. The first-order valence-corrected chi connectivity index (χ1v) is 7.30. The minimum absolute atomic E-state index is 0.128. The molecular weight excluding hydrogens is 339 g/mol. The fourth-order valence-electron chi connectivity index (χ4n) is 2.02. The number of hydrogen-bond donors (Lipinski definition) is 1. The molecule has 0 aliphatic rings. The van der Waals surface area contributed by atoms with Gasteiger partial charge < -0.3 is 14.6 Å². The predicted octanol–water partition coefficient (Wildman–Crippen LogP) is 4.08. The van der Waals surface area contributed by atoms with Crippen molar-refractivity contribution in [1.29, 1.82) is 0 Å². The van der Waals surface area contributed by atoms with Gasteiger partial charge in [-0.15, -0.1) is 0 Å². The van der Waals surface area contributed by atoms with Gasteiger partial charge in [-0.05, 0) is 36.8 Å². The molecule has 0 fully saturated rings. The third kappa shape index (κ3) is 3.36. The van der Waals surface area contributed by atoms with E-state index in [2.05, 4.69) is 15.9 Å². The highest BCUT2D eigenvalue weighted by atomic mass is 79.9. The normalized spacial score (nSPS) is 12.0. The number of ether oxygens (including phenoxy) is 2. The molecule has 0 aliphatic heterocycles. The van der Waals surface area contributed by atoms with Crippen LogP contribution in [0.25, 0.3) is 0 Å². The Balaban J connectivity index is 2.41. The summed E-state index contributed by atoms with van der Waals surface area (Å²) in [6.07, 6.45) is -1.09. The average Bonchev–Trinajstić information content (AvgIpc) is 2.50. The van der Waals surface area contributed by atoms with Crippen LogP contribution < -0.4 is 9.47 Å². The molecular formula is C16H16BrFO3. The van der Waals surface area contributed by atoms with Crippen molar-refractivity contribution in [2.75, 3.05) is 13.7 Å². The molecule has 1 N–H and O–H groups in total. The number of rotatable bonds is 5. The van der Waals surface area contributed by atoms with Crippen molar-refractivity contribution in [2.45, 2.75) is 13.0 Å². The number of halogens is 2. The summed E-state index contributed by atoms with van der Waals surface area (Å²) in [5.74, 6) is 0.242. The second-order valence-electron chi connectivity index (χ2n) is 4.38. The van der Waals surface area contributed by atoms with E-state index in [0.717, 1.165) is 0 Å². The van der Waals surface area contributed by atoms with Gasteiger partial charge in [-0.2, -0.15) is 0 Å². The van der Waals surface area contributed by atoms with Crippen LogP contribution in [0.5, 0.6) is 11.5 Å². The summed E-state index contributed by atoms with van der Waals surface area (Å²) < 4.78 is 25.3. The molecule has 3 nitrogen and oxygen atoms in total. The van der Waals surface area contributed by atoms with Crippen LogP contribution in [0.15, 0.2) is 40.9 Å². The number of methoxy groups -OCH3 is 1. The van der Waals surface area contributed by atoms with Gasteiger partial charge in [-0.1, -0.05) is 28.1 Å². The van der Waals surface area contributed by atoms with Crippen molar-refractivity contribution in [1.82, 2.24) is 0 Å². The number of aliphatic hydroxyl groups is 1. The van der Waals surface area contributed by atoms with E-state index in [0.29, 0.717) is 22.4 Å². The van der Waals surface area contributed by atoms with Gasteiger partial charge >= 0.3 is 0 Å². The lowest BCUT2D eigenvalue weighted by Crippen LogP contribution is -2.06. The highest BCUT2D eigenvalue weighted by molar-refractivity contribution is 9.10. The molecule has 2 aromatic rings. The van der Waals surface area contributed by atoms with Crippen LogP contribution in [0, 0.1) is 5.82 Å². The maximum atomic E-state index is 14.5. The number of hydrogen-bond acceptors (Lipinski definition) is 3. The highest BCUT2D eigenvalue weighted by Crippen LogP contribution is 2.35. The summed E-state index contributed by atoms with van der Waals surface area (Å²) in [6, 6.07) is 10.0. The number of aliphatic hydroxyl groups excluding tert-OH is 1. The van der Waals surface area contributed by atoms with Gasteiger partial charge in [0.25, 0.3) is 0 Å². The second kappa shape index (κ2) is 6.91. The summed E-state index contributed by atoms with van der Waals surface area (Å²) in [4.78, 5) is 0. The van der Waals surface area contributed by atoms with E-state index in [-0.39, 0.29) is 11.3 Å². The molecule has 0 saturated carbocycles. The van der Waals surface area contributed by atoms with E-state index in [1.54, 1.807) is 44.4 Å². The second-order valence-corrected chi connectivity index (χ2v) is 5.24. The van der Waals surface area contributed by atoms with Crippen molar-refractivity contribution in [3.05, 3.63) is 57.8 Å². The first kappa shape index (κ1) is 15.8. The Morgan fingerprint density at radius 2 is 1.86 bits per heavy atom. The molecule has 0 amide bonds. The summed E-state index contributed by atoms with van der Waals surface area (Å²) in [7, 11) is 1.56. The lowest BCUT2D eigenvalue weighted by molar-refractivity contribution is 0.211. The van der Waals surface area contributed by atoms with Crippen LogP contribution in [-0.2, 0) is 0 Å². The first-order valence-electron chi connectivity index (χ1n) is 6.51. The minimum atomic E-state index is -1.09. The Hall–Kier alpha value is -1.59. The van der Waals surface area contributed by atoms with E-state index in [9.17, 15) is 9.50 Å². The third-order valence-electron chi connectivity index (χ3n) is 3.10. The average molecular weight is 355 g/mol. The van der Waals surface area contributed by atoms with Crippen LogP contribution in [0.1, 0.15) is 24.2 Å². The maximum Gasteiger partial charge on any atom is 0.172 e. The standard InChI is InChI=1S/C16H16BrFO3/c1-3-21-13-9-8-12(17)14(15(13)18)16(19)10-4-6-11(20-2)7-5-10/h4-9,16,19H,3H2,1-2H3. The van der Waals surface area contributed by atoms with Crippen LogP contribution in [0.2, 0.25) is 0 Å². The summed E-state index contributed by atoms with van der Waals surface area (Å²) >= 11 is 3.28. The quantitative estimate of drug-likeness (QED) is 0.879. The van der Waals surface area contributed by atoms with Crippen molar-refractivity contribution in [2.24, 2.45) is 0 Å². The van der Waals surface area contributed by atoms with E-state index in [1.807, 2.05) is 0 Å².